The predicted molar refractivity (Wildman–Crippen MR) is 129 cm³/mol. The van der Waals surface area contributed by atoms with Crippen molar-refractivity contribution in [1.82, 2.24) is 0 Å². The molecule has 0 saturated heterocycles. The van der Waals surface area contributed by atoms with Crippen molar-refractivity contribution in [3.8, 4) is 0 Å². The summed E-state index contributed by atoms with van der Waals surface area (Å²) in [6.45, 7) is 4.00. The van der Waals surface area contributed by atoms with Gasteiger partial charge in [0.25, 0.3) is 0 Å². The molecule has 160 valence electrons. The third-order valence-electron chi connectivity index (χ3n) is 5.43. The quantitative estimate of drug-likeness (QED) is 0.254. The fraction of sp³-hybridized carbons (Fsp3) is 0.538. The van der Waals surface area contributed by atoms with E-state index >= 15 is 0 Å². The average molecular weight is 442 g/mol. The van der Waals surface area contributed by atoms with Crippen LogP contribution in [0.25, 0.3) is 0 Å². The molecule has 0 unspecified atom stereocenters. The first-order chi connectivity index (χ1) is 12.4. The minimum absolute atomic E-state index is 0. The molecule has 0 spiro atoms. The molecule has 2 aliphatic rings. The molecule has 0 aromatic heterocycles. The van der Waals surface area contributed by atoms with Crippen LogP contribution in [0.4, 0.5) is 0 Å². The van der Waals surface area contributed by atoms with Gasteiger partial charge in [0, 0.05) is 0 Å². The van der Waals surface area contributed by atoms with Gasteiger partial charge in [-0.1, -0.05) is 60.3 Å². The summed E-state index contributed by atoms with van der Waals surface area (Å²) >= 11 is 0. The fourth-order valence-electron chi connectivity index (χ4n) is 4.29. The molecule has 0 atom stereocenters. The van der Waals surface area contributed by atoms with Gasteiger partial charge in [0.2, 0.25) is 0 Å². The maximum atomic E-state index is 2.43. The zero-order valence-electron chi connectivity index (χ0n) is 18.7. The summed E-state index contributed by atoms with van der Waals surface area (Å²) in [6, 6.07) is 19.4. The number of rotatable bonds is 3. The van der Waals surface area contributed by atoms with Gasteiger partial charge in [-0.15, -0.1) is 5.30 Å². The van der Waals surface area contributed by atoms with Gasteiger partial charge in [-0.3, -0.25) is 0 Å². The van der Waals surface area contributed by atoms with E-state index in [-0.39, 0.29) is 39.8 Å². The zero-order chi connectivity index (χ0) is 17.7. The van der Waals surface area contributed by atoms with E-state index in [0.717, 1.165) is 11.3 Å². The molecule has 28 heavy (non-hydrogen) atoms. The van der Waals surface area contributed by atoms with E-state index in [4.69, 9.17) is 0 Å². The Bertz CT molecular complexity index is 455. The Kier molecular flexibility index (Phi) is 19.9. The monoisotopic (exact) mass is 442 g/mol. The van der Waals surface area contributed by atoms with Gasteiger partial charge in [-0.25, -0.2) is 24.3 Å². The van der Waals surface area contributed by atoms with E-state index in [1.54, 1.807) is 5.30 Å². The summed E-state index contributed by atoms with van der Waals surface area (Å²) in [5.41, 5.74) is 2.11. The largest absolute Gasteiger partial charge is 4.00 e. The summed E-state index contributed by atoms with van der Waals surface area (Å²) in [7, 11) is 0.145. The van der Waals surface area contributed by atoms with Crippen LogP contribution >= 0.6 is 7.92 Å². The van der Waals surface area contributed by atoms with Crippen LogP contribution in [0, 0.1) is 14.9 Å². The van der Waals surface area contributed by atoms with E-state index in [1.807, 2.05) is 44.2 Å². The normalized spacial score (nSPS) is 16.8. The van der Waals surface area contributed by atoms with Gasteiger partial charge in [0.1, 0.15) is 0 Å². The van der Waals surface area contributed by atoms with Gasteiger partial charge >= 0.3 is 17.1 Å². The van der Waals surface area contributed by atoms with Crippen molar-refractivity contribution in [3.05, 3.63) is 69.5 Å². The second-order valence-corrected chi connectivity index (χ2v) is 9.89. The molecule has 0 nitrogen and oxygen atoms in total. The van der Waals surface area contributed by atoms with Crippen LogP contribution in [-0.2, 0) is 17.1 Å². The Morgan fingerprint density at radius 3 is 1.50 bits per heavy atom. The summed E-state index contributed by atoms with van der Waals surface area (Å²) in [6.07, 6.45) is 15.1. The second-order valence-electron chi connectivity index (χ2n) is 7.10. The molecule has 4 rings (SSSR count). The molecular weight excluding hydrogens is 399 g/mol. The van der Waals surface area contributed by atoms with Crippen LogP contribution in [0.2, 0.25) is 0 Å². The summed E-state index contributed by atoms with van der Waals surface area (Å²) < 4.78 is 0. The van der Waals surface area contributed by atoms with Crippen LogP contribution in [0.3, 0.4) is 0 Å². The van der Waals surface area contributed by atoms with Crippen molar-refractivity contribution in [1.29, 1.82) is 0 Å². The molecule has 2 aromatic rings. The second kappa shape index (κ2) is 18.7. The van der Waals surface area contributed by atoms with Crippen LogP contribution < -0.4 is 5.30 Å². The van der Waals surface area contributed by atoms with Gasteiger partial charge in [-0.2, -0.15) is 30.3 Å². The molecule has 2 heteroatoms. The third-order valence-corrected chi connectivity index (χ3v) is 8.94. The van der Waals surface area contributed by atoms with Crippen LogP contribution in [0.15, 0.2) is 54.6 Å². The standard InChI is InChI=1S/C17H26P.C5H5.C2H6.2CH3.Fe/c1-3-9-15(10-4-1)18(17-13-7-8-14-17)16-11-5-2-6-12-16;1-2-4-5-3-1;1-2;;;/h7-8,13-16H,1-6,9-12H2;1-5H;1-2H3;2*1H3;/q2*-1;;2*-1;+4. The SMILES string of the molecule is CC.[CH3-].[CH3-].[Fe+4].c1c[cH-]c(P(C2CCCCC2)C2CCCCC2)c1.c1cc[cH-]c1. The Hall–Kier alpha value is -0.351. The minimum Gasteiger partial charge on any atom is -0.358 e. The van der Waals surface area contributed by atoms with Crippen molar-refractivity contribution in [2.24, 2.45) is 0 Å². The van der Waals surface area contributed by atoms with Crippen molar-refractivity contribution >= 4 is 13.2 Å². The molecule has 2 saturated carbocycles. The average Bonchev–Trinajstić information content (AvgIpc) is 3.43. The molecule has 2 aliphatic carbocycles. The third kappa shape index (κ3) is 9.91. The van der Waals surface area contributed by atoms with E-state index in [2.05, 4.69) is 24.3 Å². The van der Waals surface area contributed by atoms with Crippen molar-refractivity contribution in [3.63, 3.8) is 0 Å². The molecule has 2 aromatic carbocycles. The van der Waals surface area contributed by atoms with E-state index in [0.29, 0.717) is 0 Å². The Labute approximate surface area is 188 Å². The van der Waals surface area contributed by atoms with E-state index in [9.17, 15) is 0 Å². The number of hydrogen-bond donors (Lipinski definition) is 0. The van der Waals surface area contributed by atoms with Crippen molar-refractivity contribution in [2.75, 3.05) is 0 Å². The maximum absolute atomic E-state index is 2.43. The molecule has 0 N–H and O–H groups in total. The van der Waals surface area contributed by atoms with Gasteiger partial charge < -0.3 is 14.9 Å². The van der Waals surface area contributed by atoms with E-state index < -0.39 is 0 Å². The molecule has 0 amide bonds. The van der Waals surface area contributed by atoms with Gasteiger partial charge in [0.15, 0.2) is 0 Å². The molecule has 0 heterocycles. The van der Waals surface area contributed by atoms with Gasteiger partial charge in [-0.05, 0) is 37.0 Å². The van der Waals surface area contributed by atoms with Crippen molar-refractivity contribution in [2.45, 2.75) is 89.4 Å². The Balaban J connectivity index is 0. The van der Waals surface area contributed by atoms with Crippen LogP contribution in [0.5, 0.6) is 0 Å². The first-order valence-corrected chi connectivity index (χ1v) is 12.1. The van der Waals surface area contributed by atoms with E-state index in [1.165, 1.54) is 64.2 Å². The van der Waals surface area contributed by atoms with Crippen molar-refractivity contribution < 1.29 is 17.1 Å². The molecule has 0 aliphatic heterocycles. The fourth-order valence-corrected chi connectivity index (χ4v) is 8.09. The number of hydrogen-bond acceptors (Lipinski definition) is 0. The molecule has 0 bridgehead atoms. The molecular formula is C26H43FeP. The summed E-state index contributed by atoms with van der Waals surface area (Å²) in [5.74, 6) is 0. The zero-order valence-corrected chi connectivity index (χ0v) is 20.7. The Morgan fingerprint density at radius 1 is 0.714 bits per heavy atom. The maximum Gasteiger partial charge on any atom is 4.00 e. The topological polar surface area (TPSA) is 0 Å². The first kappa shape index (κ1) is 29.8. The summed E-state index contributed by atoms with van der Waals surface area (Å²) in [4.78, 5) is 0. The minimum atomic E-state index is 0. The Morgan fingerprint density at radius 2 is 1.18 bits per heavy atom. The van der Waals surface area contributed by atoms with Crippen LogP contribution in [0.1, 0.15) is 78.1 Å². The van der Waals surface area contributed by atoms with Gasteiger partial charge in [0.05, 0.1) is 0 Å². The summed E-state index contributed by atoms with van der Waals surface area (Å²) in [5, 5.41) is 1.73. The van der Waals surface area contributed by atoms with Crippen LogP contribution in [-0.4, -0.2) is 11.3 Å². The predicted octanol–water partition coefficient (Wildman–Crippen LogP) is 8.51. The first-order valence-electron chi connectivity index (χ1n) is 10.6. The smallest absolute Gasteiger partial charge is 0.358 e. The molecule has 2 fully saturated rings. The molecule has 0 radical (unpaired) electrons.